The standard InChI is InChI=1S/C30H43N3O5S/c1-5-6-7-8-12-19-33(28(36)25(21-39)32-29(37)38-30(2,3)4)26(23-15-17-24(34)18-16-23)27(35)31-20-22-13-10-9-11-14-22/h9-11,13-18,25-26,34,39H,5-8,12,19-21H2,1-4H3,(H,31,35)(H,32,37). The largest absolute Gasteiger partial charge is 0.508 e. The van der Waals surface area contributed by atoms with E-state index in [-0.39, 0.29) is 17.4 Å². The summed E-state index contributed by atoms with van der Waals surface area (Å²) in [4.78, 5) is 41.7. The van der Waals surface area contributed by atoms with Crippen LogP contribution < -0.4 is 10.6 Å². The maximum absolute atomic E-state index is 13.9. The molecule has 9 heteroatoms. The summed E-state index contributed by atoms with van der Waals surface area (Å²) in [5.41, 5.74) is 0.738. The smallest absolute Gasteiger partial charge is 0.408 e. The molecule has 214 valence electrons. The fourth-order valence-corrected chi connectivity index (χ4v) is 4.35. The lowest BCUT2D eigenvalue weighted by molar-refractivity contribution is -0.142. The average molecular weight is 558 g/mol. The highest BCUT2D eigenvalue weighted by Crippen LogP contribution is 2.26. The maximum atomic E-state index is 13.9. The van der Waals surface area contributed by atoms with Crippen molar-refractivity contribution in [1.29, 1.82) is 0 Å². The number of amides is 3. The molecule has 0 aliphatic heterocycles. The van der Waals surface area contributed by atoms with Gasteiger partial charge in [0.05, 0.1) is 0 Å². The number of phenolic OH excluding ortho intramolecular Hbond substituents is 1. The number of unbranched alkanes of at least 4 members (excludes halogenated alkanes) is 4. The fraction of sp³-hybridized carbons (Fsp3) is 0.500. The SMILES string of the molecule is CCCCCCCN(C(=O)C(CS)NC(=O)OC(C)(C)C)C(C(=O)NCc1ccccc1)c1ccc(O)cc1. The Bertz CT molecular complexity index is 1040. The van der Waals surface area contributed by atoms with Gasteiger partial charge in [0.15, 0.2) is 0 Å². The van der Waals surface area contributed by atoms with Crippen molar-refractivity contribution in [2.75, 3.05) is 12.3 Å². The Labute approximate surface area is 237 Å². The van der Waals surface area contributed by atoms with E-state index in [2.05, 4.69) is 30.2 Å². The minimum Gasteiger partial charge on any atom is -0.508 e. The molecule has 0 saturated heterocycles. The van der Waals surface area contributed by atoms with E-state index in [0.717, 1.165) is 31.2 Å². The molecular formula is C30H43N3O5S. The van der Waals surface area contributed by atoms with E-state index in [1.54, 1.807) is 32.9 Å². The molecule has 2 rings (SSSR count). The number of alkyl carbamates (subject to hydrolysis) is 1. The molecular weight excluding hydrogens is 514 g/mol. The van der Waals surface area contributed by atoms with Crippen molar-refractivity contribution in [3.63, 3.8) is 0 Å². The molecule has 0 aliphatic rings. The fourth-order valence-electron chi connectivity index (χ4n) is 4.10. The Morgan fingerprint density at radius 1 is 0.974 bits per heavy atom. The lowest BCUT2D eigenvalue weighted by Crippen LogP contribution is -2.54. The van der Waals surface area contributed by atoms with E-state index in [9.17, 15) is 19.5 Å². The molecule has 0 spiro atoms. The van der Waals surface area contributed by atoms with E-state index in [4.69, 9.17) is 4.74 Å². The van der Waals surface area contributed by atoms with Crippen LogP contribution in [-0.2, 0) is 20.9 Å². The van der Waals surface area contributed by atoms with E-state index >= 15 is 0 Å². The zero-order valence-electron chi connectivity index (χ0n) is 23.5. The van der Waals surface area contributed by atoms with Crippen LogP contribution in [0.1, 0.15) is 77.0 Å². The van der Waals surface area contributed by atoms with Crippen LogP contribution in [0, 0.1) is 0 Å². The van der Waals surface area contributed by atoms with Gasteiger partial charge in [0.25, 0.3) is 0 Å². The Balaban J connectivity index is 2.38. The van der Waals surface area contributed by atoms with Crippen LogP contribution in [0.2, 0.25) is 0 Å². The summed E-state index contributed by atoms with van der Waals surface area (Å²) in [5, 5.41) is 15.5. The van der Waals surface area contributed by atoms with Gasteiger partial charge in [0.2, 0.25) is 11.8 Å². The minimum absolute atomic E-state index is 0.0261. The van der Waals surface area contributed by atoms with Gasteiger partial charge in [-0.2, -0.15) is 12.6 Å². The number of carbonyl (C=O) groups is 3. The van der Waals surface area contributed by atoms with Crippen LogP contribution in [0.25, 0.3) is 0 Å². The number of hydrogen-bond acceptors (Lipinski definition) is 6. The van der Waals surface area contributed by atoms with Crippen LogP contribution in [-0.4, -0.2) is 51.9 Å². The Morgan fingerprint density at radius 3 is 2.21 bits per heavy atom. The number of thiol groups is 1. The highest BCUT2D eigenvalue weighted by molar-refractivity contribution is 7.80. The molecule has 0 aliphatic carbocycles. The number of hydrogen-bond donors (Lipinski definition) is 4. The summed E-state index contributed by atoms with van der Waals surface area (Å²) < 4.78 is 5.36. The zero-order chi connectivity index (χ0) is 28.8. The highest BCUT2D eigenvalue weighted by atomic mass is 32.1. The molecule has 0 fully saturated rings. The zero-order valence-corrected chi connectivity index (χ0v) is 24.4. The second-order valence-corrected chi connectivity index (χ2v) is 10.9. The summed E-state index contributed by atoms with van der Waals surface area (Å²) in [6, 6.07) is 13.8. The van der Waals surface area contributed by atoms with Gasteiger partial charge in [-0.1, -0.05) is 75.1 Å². The van der Waals surface area contributed by atoms with Crippen LogP contribution in [0.3, 0.4) is 0 Å². The van der Waals surface area contributed by atoms with Crippen LogP contribution >= 0.6 is 12.6 Å². The summed E-state index contributed by atoms with van der Waals surface area (Å²) in [6.07, 6.45) is 4.06. The third-order valence-corrected chi connectivity index (χ3v) is 6.40. The summed E-state index contributed by atoms with van der Waals surface area (Å²) >= 11 is 4.33. The van der Waals surface area contributed by atoms with E-state index < -0.39 is 29.7 Å². The van der Waals surface area contributed by atoms with Crippen molar-refractivity contribution in [2.45, 2.75) is 84.0 Å². The molecule has 0 bridgehead atoms. The van der Waals surface area contributed by atoms with E-state index in [1.807, 2.05) is 30.3 Å². The summed E-state index contributed by atoms with van der Waals surface area (Å²) in [5.74, 6) is -0.710. The van der Waals surface area contributed by atoms with Gasteiger partial charge >= 0.3 is 6.09 Å². The quantitative estimate of drug-likeness (QED) is 0.184. The maximum Gasteiger partial charge on any atom is 0.408 e. The topological polar surface area (TPSA) is 108 Å². The van der Waals surface area contributed by atoms with Gasteiger partial charge in [-0.3, -0.25) is 9.59 Å². The molecule has 2 aromatic rings. The van der Waals surface area contributed by atoms with Gasteiger partial charge in [0.1, 0.15) is 23.4 Å². The first-order valence-corrected chi connectivity index (χ1v) is 14.2. The third-order valence-electron chi connectivity index (χ3n) is 6.04. The van der Waals surface area contributed by atoms with Gasteiger partial charge < -0.3 is 25.4 Å². The number of phenols is 1. The van der Waals surface area contributed by atoms with E-state index in [0.29, 0.717) is 25.1 Å². The number of rotatable bonds is 14. The minimum atomic E-state index is -1.000. The average Bonchev–Trinajstić information content (AvgIpc) is 2.89. The number of ether oxygens (including phenoxy) is 1. The molecule has 2 aromatic carbocycles. The van der Waals surface area contributed by atoms with Crippen LogP contribution in [0.5, 0.6) is 5.75 Å². The highest BCUT2D eigenvalue weighted by Gasteiger charge is 2.35. The van der Waals surface area contributed by atoms with E-state index in [1.165, 1.54) is 17.0 Å². The number of nitrogens with one attached hydrogen (secondary N) is 2. The lowest BCUT2D eigenvalue weighted by atomic mass is 10.0. The third kappa shape index (κ3) is 11.2. The molecule has 0 saturated carbocycles. The molecule has 8 nitrogen and oxygen atoms in total. The number of aromatic hydroxyl groups is 1. The first-order valence-electron chi connectivity index (χ1n) is 13.6. The normalized spacial score (nSPS) is 12.7. The molecule has 3 amide bonds. The Hall–Kier alpha value is -3.20. The first-order chi connectivity index (χ1) is 18.6. The van der Waals surface area contributed by atoms with Gasteiger partial charge in [-0.25, -0.2) is 4.79 Å². The van der Waals surface area contributed by atoms with Crippen molar-refractivity contribution in [2.24, 2.45) is 0 Å². The molecule has 0 heterocycles. The van der Waals surface area contributed by atoms with Crippen LogP contribution in [0.15, 0.2) is 54.6 Å². The predicted molar refractivity (Wildman–Crippen MR) is 157 cm³/mol. The molecule has 2 unspecified atom stereocenters. The van der Waals surface area contributed by atoms with Crippen molar-refractivity contribution >= 4 is 30.5 Å². The Morgan fingerprint density at radius 2 is 1.62 bits per heavy atom. The van der Waals surface area contributed by atoms with Crippen LogP contribution in [0.4, 0.5) is 4.79 Å². The van der Waals surface area contributed by atoms with Crippen molar-refractivity contribution < 1.29 is 24.2 Å². The second-order valence-electron chi connectivity index (χ2n) is 10.5. The number of benzene rings is 2. The summed E-state index contributed by atoms with van der Waals surface area (Å²) in [6.45, 7) is 7.96. The first kappa shape index (κ1) is 32.0. The number of carbonyl (C=O) groups excluding carboxylic acids is 3. The van der Waals surface area contributed by atoms with Gasteiger partial charge in [-0.05, 0) is 50.5 Å². The monoisotopic (exact) mass is 557 g/mol. The van der Waals surface area contributed by atoms with Gasteiger partial charge in [0, 0.05) is 18.8 Å². The molecule has 0 aromatic heterocycles. The van der Waals surface area contributed by atoms with Crippen molar-refractivity contribution in [1.82, 2.24) is 15.5 Å². The predicted octanol–water partition coefficient (Wildman–Crippen LogP) is 5.37. The Kier molecular flexibility index (Phi) is 13.2. The molecule has 3 N–H and O–H groups in total. The lowest BCUT2D eigenvalue weighted by Gasteiger charge is -2.34. The molecule has 2 atom stereocenters. The summed E-state index contributed by atoms with van der Waals surface area (Å²) in [7, 11) is 0. The second kappa shape index (κ2) is 16.0. The van der Waals surface area contributed by atoms with Crippen molar-refractivity contribution in [3.8, 4) is 5.75 Å². The number of nitrogens with zero attached hydrogens (tertiary/aromatic N) is 1. The van der Waals surface area contributed by atoms with Crippen molar-refractivity contribution in [3.05, 3.63) is 65.7 Å². The molecule has 39 heavy (non-hydrogen) atoms. The molecule has 0 radical (unpaired) electrons. The van der Waals surface area contributed by atoms with Gasteiger partial charge in [-0.15, -0.1) is 0 Å².